The van der Waals surface area contributed by atoms with Crippen molar-refractivity contribution in [2.24, 2.45) is 0 Å². The fourth-order valence-electron chi connectivity index (χ4n) is 6.12. The van der Waals surface area contributed by atoms with Crippen molar-refractivity contribution >= 4 is 46.8 Å². The maximum absolute atomic E-state index is 13.5. The summed E-state index contributed by atoms with van der Waals surface area (Å²) < 4.78 is 0. The second-order valence-corrected chi connectivity index (χ2v) is 11.6. The minimum absolute atomic E-state index is 0.0929. The Labute approximate surface area is 278 Å². The van der Waals surface area contributed by atoms with E-state index in [1.807, 2.05) is 37.8 Å². The van der Waals surface area contributed by atoms with Crippen molar-refractivity contribution in [1.29, 1.82) is 0 Å². The van der Waals surface area contributed by atoms with Gasteiger partial charge in [-0.15, -0.1) is 0 Å². The first-order chi connectivity index (χ1) is 22.5. The van der Waals surface area contributed by atoms with Gasteiger partial charge in [-0.1, -0.05) is 42.9 Å². The molecule has 2 aliphatic rings. The second-order valence-electron chi connectivity index (χ2n) is 11.6. The van der Waals surface area contributed by atoms with Gasteiger partial charge in [0.25, 0.3) is 5.91 Å². The number of hydrogen-bond acceptors (Lipinski definition) is 8. The molecular formula is C36H47N7O4. The highest BCUT2D eigenvalue weighted by Gasteiger charge is 2.56. The highest BCUT2D eigenvalue weighted by atomic mass is 16.2. The van der Waals surface area contributed by atoms with Crippen LogP contribution in [0, 0.1) is 0 Å². The molecule has 2 aromatic rings. The van der Waals surface area contributed by atoms with E-state index >= 15 is 0 Å². The smallest absolute Gasteiger partial charge is 0.332 e. The van der Waals surface area contributed by atoms with Gasteiger partial charge in [0.1, 0.15) is 11.2 Å². The number of carbonyl (C=O) groups is 4. The van der Waals surface area contributed by atoms with Gasteiger partial charge in [-0.2, -0.15) is 4.98 Å². The summed E-state index contributed by atoms with van der Waals surface area (Å²) in [4.78, 5) is 67.6. The molecular weight excluding hydrogens is 594 g/mol. The van der Waals surface area contributed by atoms with Crippen LogP contribution in [0.3, 0.4) is 0 Å². The summed E-state index contributed by atoms with van der Waals surface area (Å²) in [7, 11) is 1.72. The summed E-state index contributed by atoms with van der Waals surface area (Å²) in [5.74, 6) is 0.524. The van der Waals surface area contributed by atoms with Crippen LogP contribution in [0.1, 0.15) is 72.3 Å². The molecule has 0 bridgehead atoms. The molecule has 1 saturated heterocycles. The normalized spacial score (nSPS) is 15.5. The lowest BCUT2D eigenvalue weighted by Crippen LogP contribution is -2.49. The first-order valence-electron chi connectivity index (χ1n) is 16.2. The standard InChI is InChI=1S/C31H43N7O4.C5H4/c1-7-36(8-2)29-32-20-26(37(9-3)22(5)40)27(34-29)33-25(21(4)39)19-23-13-15-24(16-14-23)38-28(41)31(35(6)30(38)42)17-11-10-12-18-31;1-3-5-4-2/h13-16,20,25H,7-12,17-19H2,1-6H3,(H,32,33,34);1-2H2/t25-;/m0./s1. The lowest BCUT2D eigenvalue weighted by Gasteiger charge is -2.35. The van der Waals surface area contributed by atoms with Crippen LogP contribution >= 0.6 is 0 Å². The molecule has 1 aromatic heterocycles. The van der Waals surface area contributed by atoms with E-state index in [9.17, 15) is 19.2 Å². The molecule has 250 valence electrons. The van der Waals surface area contributed by atoms with Gasteiger partial charge in [0.15, 0.2) is 11.6 Å². The molecule has 0 unspecified atom stereocenters. The molecule has 1 N–H and O–H groups in total. The molecule has 1 spiro atoms. The zero-order valence-corrected chi connectivity index (χ0v) is 28.6. The van der Waals surface area contributed by atoms with Crippen molar-refractivity contribution < 1.29 is 19.2 Å². The van der Waals surface area contributed by atoms with E-state index in [2.05, 4.69) is 40.7 Å². The Morgan fingerprint density at radius 2 is 1.62 bits per heavy atom. The van der Waals surface area contributed by atoms with Crippen molar-refractivity contribution in [1.82, 2.24) is 14.9 Å². The van der Waals surface area contributed by atoms with Crippen molar-refractivity contribution in [3.8, 4) is 0 Å². The SMILES string of the molecule is C=C=C=C=C.CCN(CC)c1ncc(N(CC)C(C)=O)c(N[C@@H](Cc2ccc(N3C(=O)N(C)C4(CCCCC4)C3=O)cc2)C(C)=O)n1. The Morgan fingerprint density at radius 3 is 2.11 bits per heavy atom. The first-order valence-corrected chi connectivity index (χ1v) is 16.2. The van der Waals surface area contributed by atoms with Crippen molar-refractivity contribution in [3.05, 3.63) is 66.4 Å². The number of amides is 4. The zero-order chi connectivity index (χ0) is 34.7. The molecule has 1 aliphatic heterocycles. The predicted molar refractivity (Wildman–Crippen MR) is 186 cm³/mol. The molecule has 0 radical (unpaired) electrons. The first kappa shape index (κ1) is 36.5. The van der Waals surface area contributed by atoms with Crippen LogP contribution < -0.4 is 20.0 Å². The van der Waals surface area contributed by atoms with E-state index in [0.717, 1.165) is 24.8 Å². The van der Waals surface area contributed by atoms with E-state index in [0.29, 0.717) is 62.0 Å². The molecule has 2 heterocycles. The fraction of sp³-hybridized carbons (Fsp3) is 0.472. The summed E-state index contributed by atoms with van der Waals surface area (Å²) in [5.41, 5.74) is 8.22. The summed E-state index contributed by atoms with van der Waals surface area (Å²) in [6.07, 6.45) is 6.29. The average Bonchev–Trinajstić information content (AvgIpc) is 3.23. The van der Waals surface area contributed by atoms with Gasteiger partial charge in [-0.25, -0.2) is 14.7 Å². The van der Waals surface area contributed by atoms with Gasteiger partial charge in [-0.3, -0.25) is 14.4 Å². The summed E-state index contributed by atoms with van der Waals surface area (Å²) in [5, 5.41) is 3.29. The van der Waals surface area contributed by atoms with Crippen LogP contribution in [-0.4, -0.2) is 76.8 Å². The molecule has 11 nitrogen and oxygen atoms in total. The van der Waals surface area contributed by atoms with Crippen LogP contribution in [0.5, 0.6) is 0 Å². The number of imide groups is 1. The number of Topliss-reactive ketones (excluding diaryl/α,β-unsaturated/α-hetero) is 1. The number of nitrogens with zero attached hydrogens (tertiary/aromatic N) is 6. The predicted octanol–water partition coefficient (Wildman–Crippen LogP) is 5.68. The van der Waals surface area contributed by atoms with Crippen LogP contribution in [-0.2, 0) is 20.8 Å². The number of nitrogens with one attached hydrogen (secondary N) is 1. The fourth-order valence-corrected chi connectivity index (χ4v) is 6.12. The number of anilines is 4. The van der Waals surface area contributed by atoms with E-state index in [1.54, 1.807) is 35.2 Å². The zero-order valence-electron chi connectivity index (χ0n) is 28.6. The van der Waals surface area contributed by atoms with E-state index in [-0.39, 0.29) is 23.6 Å². The van der Waals surface area contributed by atoms with Crippen molar-refractivity contribution in [2.75, 3.05) is 46.7 Å². The van der Waals surface area contributed by atoms with Crippen molar-refractivity contribution in [3.63, 3.8) is 0 Å². The summed E-state index contributed by atoms with van der Waals surface area (Å²) >= 11 is 0. The second kappa shape index (κ2) is 16.6. The molecule has 1 atom stereocenters. The number of rotatable bonds is 11. The van der Waals surface area contributed by atoms with Crippen LogP contribution in [0.2, 0.25) is 0 Å². The minimum Gasteiger partial charge on any atom is -0.358 e. The average molecular weight is 642 g/mol. The number of hydrogen-bond donors (Lipinski definition) is 1. The summed E-state index contributed by atoms with van der Waals surface area (Å²) in [6, 6.07) is 6.28. The Balaban J connectivity index is 0.00000111. The number of benzene rings is 1. The Bertz CT molecular complexity index is 1550. The lowest BCUT2D eigenvalue weighted by molar-refractivity contribution is -0.126. The molecule has 1 aromatic carbocycles. The monoisotopic (exact) mass is 641 g/mol. The number of carbonyl (C=O) groups excluding carboxylic acids is 4. The molecule has 47 heavy (non-hydrogen) atoms. The quantitative estimate of drug-likeness (QED) is 0.246. The molecule has 11 heteroatoms. The highest BCUT2D eigenvalue weighted by Crippen LogP contribution is 2.41. The van der Waals surface area contributed by atoms with Gasteiger partial charge < -0.3 is 20.0 Å². The number of urea groups is 1. The summed E-state index contributed by atoms with van der Waals surface area (Å²) in [6.45, 7) is 17.2. The van der Waals surface area contributed by atoms with Crippen LogP contribution in [0.4, 0.5) is 27.9 Å². The maximum atomic E-state index is 13.5. The van der Waals surface area contributed by atoms with Gasteiger partial charge in [0, 0.05) is 33.6 Å². The Hall–Kier alpha value is -4.94. The van der Waals surface area contributed by atoms with Gasteiger partial charge >= 0.3 is 6.03 Å². The topological polar surface area (TPSA) is 119 Å². The third-order valence-electron chi connectivity index (χ3n) is 8.81. The third kappa shape index (κ3) is 8.08. The molecule has 4 rings (SSSR count). The van der Waals surface area contributed by atoms with Gasteiger partial charge in [-0.05, 0) is 83.5 Å². The van der Waals surface area contributed by atoms with E-state index in [1.165, 1.54) is 18.7 Å². The van der Waals surface area contributed by atoms with E-state index in [4.69, 9.17) is 4.98 Å². The van der Waals surface area contributed by atoms with Gasteiger partial charge in [0.2, 0.25) is 11.9 Å². The molecule has 4 amide bonds. The molecule has 1 aliphatic carbocycles. The molecule has 1 saturated carbocycles. The maximum Gasteiger partial charge on any atom is 0.332 e. The van der Waals surface area contributed by atoms with Gasteiger partial charge in [0.05, 0.1) is 17.9 Å². The number of aromatic nitrogens is 2. The van der Waals surface area contributed by atoms with E-state index < -0.39 is 11.6 Å². The lowest BCUT2D eigenvalue weighted by atomic mass is 9.80. The number of ketones is 1. The Morgan fingerprint density at radius 1 is 1.00 bits per heavy atom. The third-order valence-corrected chi connectivity index (χ3v) is 8.81. The highest BCUT2D eigenvalue weighted by molar-refractivity contribution is 6.23. The van der Waals surface area contributed by atoms with Crippen LogP contribution in [0.15, 0.2) is 60.8 Å². The Kier molecular flexibility index (Phi) is 12.9. The number of likely N-dealkylation sites (N-methyl/N-ethyl adjacent to an activating group) is 1. The van der Waals surface area contributed by atoms with Crippen LogP contribution in [0.25, 0.3) is 0 Å². The largest absolute Gasteiger partial charge is 0.358 e. The minimum atomic E-state index is -0.747. The molecule has 2 fully saturated rings. The van der Waals surface area contributed by atoms with Crippen molar-refractivity contribution in [2.45, 2.75) is 84.7 Å².